The van der Waals surface area contributed by atoms with Crippen molar-refractivity contribution in [3.05, 3.63) is 49.6 Å². The van der Waals surface area contributed by atoms with Gasteiger partial charge in [-0.3, -0.25) is 14.4 Å². The number of fused-ring (bicyclic) bond motifs is 1. The van der Waals surface area contributed by atoms with E-state index in [-0.39, 0.29) is 42.2 Å². The van der Waals surface area contributed by atoms with E-state index >= 15 is 0 Å². The van der Waals surface area contributed by atoms with Crippen LogP contribution in [0.2, 0.25) is 0 Å². The van der Waals surface area contributed by atoms with Crippen molar-refractivity contribution >= 4 is 40.9 Å². The van der Waals surface area contributed by atoms with Crippen molar-refractivity contribution in [3.8, 4) is 0 Å². The monoisotopic (exact) mass is 583 g/mol. The highest BCUT2D eigenvalue weighted by Crippen LogP contribution is 2.68. The van der Waals surface area contributed by atoms with Crippen LogP contribution in [0.25, 0.3) is 0 Å². The molecule has 1 aromatic rings. The normalized spacial score (nSPS) is 28.0. The molecule has 2 amide bonds. The van der Waals surface area contributed by atoms with E-state index in [0.717, 1.165) is 37.3 Å². The molecular weight excluding hydrogens is 538 g/mol. The van der Waals surface area contributed by atoms with Crippen LogP contribution >= 0.6 is 11.8 Å². The molecule has 8 nitrogen and oxygen atoms in total. The first kappa shape index (κ1) is 31.2. The van der Waals surface area contributed by atoms with Crippen LogP contribution in [0.1, 0.15) is 46.5 Å². The number of thioether (sulfide) groups is 1. The van der Waals surface area contributed by atoms with Crippen molar-refractivity contribution in [2.75, 3.05) is 49.2 Å². The zero-order valence-corrected chi connectivity index (χ0v) is 25.5. The van der Waals surface area contributed by atoms with Crippen LogP contribution in [0.15, 0.2) is 49.6 Å². The Balaban J connectivity index is 1.73. The number of carbonyl (C=O) groups excluding carboxylic acids is 3. The van der Waals surface area contributed by atoms with Crippen molar-refractivity contribution in [2.45, 2.75) is 62.5 Å². The molecule has 0 aromatic heterocycles. The van der Waals surface area contributed by atoms with E-state index in [1.165, 1.54) is 6.08 Å². The molecule has 3 heterocycles. The molecule has 41 heavy (non-hydrogen) atoms. The number of likely N-dealkylation sites (tertiary alicyclic amines) is 1. The second kappa shape index (κ2) is 13.5. The average molecular weight is 584 g/mol. The minimum Gasteiger partial charge on any atom is -0.461 e. The summed E-state index contributed by atoms with van der Waals surface area (Å²) in [5.41, 5.74) is 1.84. The summed E-state index contributed by atoms with van der Waals surface area (Å²) in [6.07, 6.45) is 6.06. The first-order chi connectivity index (χ1) is 19.8. The van der Waals surface area contributed by atoms with E-state index in [2.05, 4.69) is 38.8 Å². The molecular formula is C32H45N3O5S. The average Bonchev–Trinajstić information content (AvgIpc) is 3.57. The predicted molar refractivity (Wildman–Crippen MR) is 165 cm³/mol. The molecule has 0 radical (unpaired) electrons. The molecule has 1 spiro atoms. The summed E-state index contributed by atoms with van der Waals surface area (Å²) in [5, 5.41) is 9.23. The highest BCUT2D eigenvalue weighted by molar-refractivity contribution is 8.02. The number of amides is 2. The number of anilines is 2. The topological polar surface area (TPSA) is 90.4 Å². The largest absolute Gasteiger partial charge is 0.461 e. The number of ether oxygens (including phenoxy) is 1. The predicted octanol–water partition coefficient (Wildman–Crippen LogP) is 4.28. The van der Waals surface area contributed by atoms with Crippen LogP contribution in [0.5, 0.6) is 0 Å². The maximum absolute atomic E-state index is 14.7. The van der Waals surface area contributed by atoms with E-state index in [1.54, 1.807) is 27.6 Å². The quantitative estimate of drug-likeness (QED) is 0.187. The Hall–Kier alpha value is -2.78. The van der Waals surface area contributed by atoms with Gasteiger partial charge in [-0.2, -0.15) is 0 Å². The van der Waals surface area contributed by atoms with Crippen LogP contribution in [0, 0.1) is 17.8 Å². The fraction of sp³-hybridized carbons (Fsp3) is 0.594. The lowest BCUT2D eigenvalue weighted by Gasteiger charge is -2.40. The minimum atomic E-state index is -0.714. The SMILES string of the molecule is C=CCOC(=O)[C@@H]1[C@H]2C(=O)N(CCCCCO)C(C(=O)N(CC=C)c3ccc(N(CC)CC)cc3)C23S[C@@H]1CC3C. The van der Waals surface area contributed by atoms with E-state index in [4.69, 9.17) is 4.74 Å². The third-order valence-electron chi connectivity index (χ3n) is 9.02. The van der Waals surface area contributed by atoms with E-state index in [9.17, 15) is 19.5 Å². The summed E-state index contributed by atoms with van der Waals surface area (Å²) in [7, 11) is 0. The van der Waals surface area contributed by atoms with Crippen molar-refractivity contribution in [3.63, 3.8) is 0 Å². The summed E-state index contributed by atoms with van der Waals surface area (Å²) in [6, 6.07) is 7.28. The highest BCUT2D eigenvalue weighted by Gasteiger charge is 2.76. The summed E-state index contributed by atoms with van der Waals surface area (Å²) < 4.78 is 4.77. The Kier molecular flexibility index (Phi) is 10.2. The maximum Gasteiger partial charge on any atom is 0.311 e. The smallest absolute Gasteiger partial charge is 0.311 e. The van der Waals surface area contributed by atoms with Crippen LogP contribution < -0.4 is 9.80 Å². The Morgan fingerprint density at radius 1 is 1.12 bits per heavy atom. The number of hydrogen-bond donors (Lipinski definition) is 1. The van der Waals surface area contributed by atoms with Gasteiger partial charge in [0.1, 0.15) is 12.6 Å². The molecule has 2 bridgehead atoms. The van der Waals surface area contributed by atoms with Gasteiger partial charge in [-0.1, -0.05) is 25.7 Å². The van der Waals surface area contributed by atoms with E-state index in [1.807, 2.05) is 24.3 Å². The fourth-order valence-corrected chi connectivity index (χ4v) is 9.55. The number of nitrogens with zero attached hydrogens (tertiary/aromatic N) is 3. The van der Waals surface area contributed by atoms with Gasteiger partial charge in [0.05, 0.1) is 16.6 Å². The fourth-order valence-electron chi connectivity index (χ4n) is 7.15. The molecule has 9 heteroatoms. The number of rotatable bonds is 15. The standard InChI is InChI=1S/C32H45N3O5S/c1-6-17-34(24-15-13-23(14-16-24)33(8-3)9-4)30(38)28-32-22(5)21-25(41-32)26(31(39)40-20-7-2)27(32)29(37)35(28)18-11-10-12-19-36/h6-7,13-16,22,25-28,36H,1-2,8-12,17-21H2,3-5H3/t22?,25-,26+,27+,28?,32?/m1/s1. The van der Waals surface area contributed by atoms with Gasteiger partial charge < -0.3 is 24.5 Å². The van der Waals surface area contributed by atoms with Gasteiger partial charge in [0.25, 0.3) is 5.91 Å². The van der Waals surface area contributed by atoms with Gasteiger partial charge >= 0.3 is 5.97 Å². The van der Waals surface area contributed by atoms with Crippen molar-refractivity contribution < 1.29 is 24.2 Å². The Morgan fingerprint density at radius 2 is 1.80 bits per heavy atom. The highest BCUT2D eigenvalue weighted by atomic mass is 32.2. The Bertz CT molecular complexity index is 1120. The minimum absolute atomic E-state index is 0.0655. The molecule has 0 saturated carbocycles. The summed E-state index contributed by atoms with van der Waals surface area (Å²) in [4.78, 5) is 47.9. The third kappa shape index (κ3) is 5.55. The summed E-state index contributed by atoms with van der Waals surface area (Å²) >= 11 is 1.65. The number of aliphatic hydroxyl groups excluding tert-OH is 1. The molecule has 3 aliphatic rings. The second-order valence-corrected chi connectivity index (χ2v) is 12.8. The van der Waals surface area contributed by atoms with Gasteiger partial charge in [-0.15, -0.1) is 18.3 Å². The zero-order valence-electron chi connectivity index (χ0n) is 24.7. The van der Waals surface area contributed by atoms with E-state index < -0.39 is 22.6 Å². The Labute approximate surface area is 248 Å². The summed E-state index contributed by atoms with van der Waals surface area (Å²) in [6.45, 7) is 16.6. The number of unbranched alkanes of at least 4 members (excludes halogenated alkanes) is 2. The lowest BCUT2D eigenvalue weighted by molar-refractivity contribution is -0.153. The number of esters is 1. The van der Waals surface area contributed by atoms with Crippen LogP contribution in [-0.2, 0) is 19.1 Å². The molecule has 3 aliphatic heterocycles. The molecule has 1 N–H and O–H groups in total. The van der Waals surface area contributed by atoms with Gasteiger partial charge in [-0.05, 0) is 69.7 Å². The first-order valence-electron chi connectivity index (χ1n) is 14.9. The van der Waals surface area contributed by atoms with Gasteiger partial charge in [0.2, 0.25) is 5.91 Å². The van der Waals surface area contributed by atoms with Crippen LogP contribution in [-0.4, -0.2) is 83.2 Å². The molecule has 4 rings (SSSR count). The molecule has 1 aromatic carbocycles. The first-order valence-corrected chi connectivity index (χ1v) is 15.8. The molecule has 6 atom stereocenters. The van der Waals surface area contributed by atoms with Crippen LogP contribution in [0.3, 0.4) is 0 Å². The van der Waals surface area contributed by atoms with Gasteiger partial charge in [0.15, 0.2) is 0 Å². The Morgan fingerprint density at radius 3 is 2.41 bits per heavy atom. The number of aliphatic hydroxyl groups is 1. The second-order valence-electron chi connectivity index (χ2n) is 11.2. The van der Waals surface area contributed by atoms with Crippen molar-refractivity contribution in [1.29, 1.82) is 0 Å². The lowest BCUT2D eigenvalue weighted by Crippen LogP contribution is -2.57. The van der Waals surface area contributed by atoms with Crippen LogP contribution in [0.4, 0.5) is 11.4 Å². The third-order valence-corrected chi connectivity index (χ3v) is 11.1. The summed E-state index contributed by atoms with van der Waals surface area (Å²) in [5.74, 6) is -1.77. The zero-order chi connectivity index (χ0) is 29.7. The molecule has 3 unspecified atom stereocenters. The molecule has 0 aliphatic carbocycles. The molecule has 224 valence electrons. The molecule has 3 saturated heterocycles. The number of carbonyl (C=O) groups is 3. The number of hydrogen-bond acceptors (Lipinski definition) is 7. The maximum atomic E-state index is 14.7. The molecule has 3 fully saturated rings. The van der Waals surface area contributed by atoms with Crippen molar-refractivity contribution in [1.82, 2.24) is 4.90 Å². The van der Waals surface area contributed by atoms with Crippen molar-refractivity contribution in [2.24, 2.45) is 17.8 Å². The van der Waals surface area contributed by atoms with Gasteiger partial charge in [-0.25, -0.2) is 0 Å². The van der Waals surface area contributed by atoms with Gasteiger partial charge in [0, 0.05) is 49.4 Å². The van der Waals surface area contributed by atoms with E-state index in [0.29, 0.717) is 25.9 Å². The number of benzene rings is 1. The lowest BCUT2D eigenvalue weighted by atomic mass is 9.66.